The Bertz CT molecular complexity index is 886. The lowest BCUT2D eigenvalue weighted by atomic mass is 10.1. The highest BCUT2D eigenvalue weighted by molar-refractivity contribution is 6.30. The van der Waals surface area contributed by atoms with Crippen LogP contribution in [0.5, 0.6) is 5.75 Å². The van der Waals surface area contributed by atoms with E-state index in [1.807, 2.05) is 37.3 Å². The van der Waals surface area contributed by atoms with Crippen LogP contribution < -0.4 is 11.1 Å². The summed E-state index contributed by atoms with van der Waals surface area (Å²) >= 11 is 6.06. The molecule has 0 amide bonds. The Morgan fingerprint density at radius 2 is 1.92 bits per heavy atom. The van der Waals surface area contributed by atoms with Crippen LogP contribution in [0.2, 0.25) is 5.02 Å². The van der Waals surface area contributed by atoms with Gasteiger partial charge in [-0.2, -0.15) is 0 Å². The predicted octanol–water partition coefficient (Wildman–Crippen LogP) is 4.32. The molecule has 3 aromatic rings. The van der Waals surface area contributed by atoms with Crippen LogP contribution in [0.4, 0.5) is 5.82 Å². The minimum absolute atomic E-state index is 0.0246. The van der Waals surface area contributed by atoms with E-state index < -0.39 is 0 Å². The van der Waals surface area contributed by atoms with Crippen LogP contribution in [0.1, 0.15) is 13.3 Å². The van der Waals surface area contributed by atoms with Gasteiger partial charge in [0, 0.05) is 29.4 Å². The van der Waals surface area contributed by atoms with Crippen LogP contribution in [-0.4, -0.2) is 27.7 Å². The third-order valence-electron chi connectivity index (χ3n) is 4.13. The van der Waals surface area contributed by atoms with Crippen LogP contribution in [0, 0.1) is 0 Å². The van der Waals surface area contributed by atoms with Gasteiger partial charge >= 0.3 is 0 Å². The van der Waals surface area contributed by atoms with Gasteiger partial charge in [0.25, 0.3) is 0 Å². The number of hydrogen-bond donors (Lipinski definition) is 3. The average Bonchev–Trinajstić information content (AvgIpc) is 2.68. The molecular weight excluding hydrogens is 348 g/mol. The van der Waals surface area contributed by atoms with Gasteiger partial charge in [-0.3, -0.25) is 0 Å². The number of aromatic nitrogens is 2. The summed E-state index contributed by atoms with van der Waals surface area (Å²) in [6.07, 6.45) is 2.61. The van der Waals surface area contributed by atoms with Crippen molar-refractivity contribution in [1.29, 1.82) is 0 Å². The number of nitrogens with two attached hydrogens (primary N) is 1. The molecule has 0 aliphatic carbocycles. The third kappa shape index (κ3) is 4.12. The van der Waals surface area contributed by atoms with Crippen LogP contribution in [0.3, 0.4) is 0 Å². The van der Waals surface area contributed by atoms with Crippen molar-refractivity contribution in [3.63, 3.8) is 0 Å². The van der Waals surface area contributed by atoms with Crippen LogP contribution >= 0.6 is 11.6 Å². The van der Waals surface area contributed by atoms with Crippen molar-refractivity contribution in [3.8, 4) is 28.3 Å². The number of nitrogens with zero attached hydrogens (tertiary/aromatic N) is 2. The van der Waals surface area contributed by atoms with E-state index in [4.69, 9.17) is 17.3 Å². The predicted molar refractivity (Wildman–Crippen MR) is 106 cm³/mol. The molecular formula is C20H21ClN4O. The van der Waals surface area contributed by atoms with E-state index in [2.05, 4.69) is 15.3 Å². The fourth-order valence-corrected chi connectivity index (χ4v) is 2.71. The SMILES string of the molecule is CC[C@H](N)CNc1nc(-c2cc(Cl)ccc2O)ncc1-c1ccccc1. The molecule has 5 nitrogen and oxygen atoms in total. The van der Waals surface area contributed by atoms with Crippen molar-refractivity contribution in [3.05, 3.63) is 59.8 Å². The Morgan fingerprint density at radius 1 is 1.15 bits per heavy atom. The van der Waals surface area contributed by atoms with E-state index >= 15 is 0 Å². The maximum Gasteiger partial charge on any atom is 0.165 e. The van der Waals surface area contributed by atoms with E-state index in [9.17, 15) is 5.11 Å². The summed E-state index contributed by atoms with van der Waals surface area (Å²) in [5.74, 6) is 1.15. The third-order valence-corrected chi connectivity index (χ3v) is 4.36. The summed E-state index contributed by atoms with van der Waals surface area (Å²) < 4.78 is 0. The summed E-state index contributed by atoms with van der Waals surface area (Å²) in [7, 11) is 0. The number of anilines is 1. The summed E-state index contributed by atoms with van der Waals surface area (Å²) in [5, 5.41) is 14.0. The monoisotopic (exact) mass is 368 g/mol. The van der Waals surface area contributed by atoms with E-state index in [1.54, 1.807) is 18.3 Å². The van der Waals surface area contributed by atoms with Gasteiger partial charge in [-0.15, -0.1) is 0 Å². The zero-order chi connectivity index (χ0) is 18.5. The molecule has 0 aliphatic heterocycles. The first-order chi connectivity index (χ1) is 12.6. The maximum absolute atomic E-state index is 10.1. The minimum Gasteiger partial charge on any atom is -0.507 e. The Morgan fingerprint density at radius 3 is 2.65 bits per heavy atom. The quantitative estimate of drug-likeness (QED) is 0.603. The molecule has 0 saturated heterocycles. The topological polar surface area (TPSA) is 84.1 Å². The van der Waals surface area contributed by atoms with Gasteiger partial charge in [0.05, 0.1) is 5.56 Å². The number of aromatic hydroxyl groups is 1. The Kier molecular flexibility index (Phi) is 5.71. The molecule has 0 spiro atoms. The van der Waals surface area contributed by atoms with E-state index in [0.717, 1.165) is 17.5 Å². The molecule has 4 N–H and O–H groups in total. The molecule has 1 heterocycles. The van der Waals surface area contributed by atoms with E-state index in [-0.39, 0.29) is 11.8 Å². The van der Waals surface area contributed by atoms with Crippen molar-refractivity contribution >= 4 is 17.4 Å². The smallest absolute Gasteiger partial charge is 0.165 e. The zero-order valence-corrected chi connectivity index (χ0v) is 15.2. The van der Waals surface area contributed by atoms with Gasteiger partial charge in [0.1, 0.15) is 11.6 Å². The number of hydrogen-bond acceptors (Lipinski definition) is 5. The second kappa shape index (κ2) is 8.17. The molecule has 134 valence electrons. The van der Waals surface area contributed by atoms with Crippen molar-refractivity contribution < 1.29 is 5.11 Å². The summed E-state index contributed by atoms with van der Waals surface area (Å²) in [6, 6.07) is 14.7. The molecule has 0 unspecified atom stereocenters. The Hall–Kier alpha value is -2.63. The summed E-state index contributed by atoms with van der Waals surface area (Å²) in [6.45, 7) is 2.63. The zero-order valence-electron chi connectivity index (χ0n) is 14.5. The number of nitrogens with one attached hydrogen (secondary N) is 1. The fourth-order valence-electron chi connectivity index (χ4n) is 2.53. The van der Waals surface area contributed by atoms with Gasteiger partial charge in [0.2, 0.25) is 0 Å². The van der Waals surface area contributed by atoms with Gasteiger partial charge < -0.3 is 16.2 Å². The van der Waals surface area contributed by atoms with Crippen LogP contribution in [0.25, 0.3) is 22.5 Å². The molecule has 0 radical (unpaired) electrons. The lowest BCUT2D eigenvalue weighted by Gasteiger charge is -2.15. The van der Waals surface area contributed by atoms with Crippen molar-refractivity contribution in [2.75, 3.05) is 11.9 Å². The highest BCUT2D eigenvalue weighted by atomic mass is 35.5. The van der Waals surface area contributed by atoms with Crippen LogP contribution in [0.15, 0.2) is 54.7 Å². The molecule has 0 bridgehead atoms. The lowest BCUT2D eigenvalue weighted by molar-refractivity contribution is 0.477. The normalized spacial score (nSPS) is 12.0. The highest BCUT2D eigenvalue weighted by Crippen LogP contribution is 2.32. The number of rotatable bonds is 6. The first-order valence-electron chi connectivity index (χ1n) is 8.49. The number of phenols is 1. The molecule has 0 saturated carbocycles. The maximum atomic E-state index is 10.1. The lowest BCUT2D eigenvalue weighted by Crippen LogP contribution is -2.28. The molecule has 1 atom stereocenters. The number of halogens is 1. The van der Waals surface area contributed by atoms with Gasteiger partial charge in [-0.1, -0.05) is 48.9 Å². The molecule has 0 aliphatic rings. The molecule has 3 rings (SSSR count). The summed E-state index contributed by atoms with van der Waals surface area (Å²) in [4.78, 5) is 9.07. The van der Waals surface area contributed by atoms with Gasteiger partial charge in [-0.05, 0) is 30.2 Å². The Labute approximate surface area is 157 Å². The van der Waals surface area contributed by atoms with Gasteiger partial charge in [0.15, 0.2) is 5.82 Å². The number of benzene rings is 2. The minimum atomic E-state index is 0.0246. The largest absolute Gasteiger partial charge is 0.507 e. The second-order valence-corrected chi connectivity index (χ2v) is 6.47. The highest BCUT2D eigenvalue weighted by Gasteiger charge is 2.14. The first kappa shape index (κ1) is 18.2. The Balaban J connectivity index is 2.05. The molecule has 0 fully saturated rings. The average molecular weight is 369 g/mol. The molecule has 1 aromatic heterocycles. The van der Waals surface area contributed by atoms with Crippen molar-refractivity contribution in [1.82, 2.24) is 9.97 Å². The summed E-state index contributed by atoms with van der Waals surface area (Å²) in [5.41, 5.74) is 8.40. The molecule has 26 heavy (non-hydrogen) atoms. The van der Waals surface area contributed by atoms with E-state index in [0.29, 0.717) is 28.8 Å². The standard InChI is InChI=1S/C20H21ClN4O/c1-2-15(22)11-23-20-17(13-6-4-3-5-7-13)12-24-19(25-20)16-10-14(21)8-9-18(16)26/h3-10,12,15,26H,2,11,22H2,1H3,(H,23,24,25)/t15-/m0/s1. The van der Waals surface area contributed by atoms with Crippen molar-refractivity contribution in [2.24, 2.45) is 5.73 Å². The first-order valence-corrected chi connectivity index (χ1v) is 8.87. The van der Waals surface area contributed by atoms with Crippen molar-refractivity contribution in [2.45, 2.75) is 19.4 Å². The van der Waals surface area contributed by atoms with Gasteiger partial charge in [-0.25, -0.2) is 9.97 Å². The molecule has 2 aromatic carbocycles. The fraction of sp³-hybridized carbons (Fsp3) is 0.200. The second-order valence-electron chi connectivity index (χ2n) is 6.03. The van der Waals surface area contributed by atoms with Crippen LogP contribution in [-0.2, 0) is 0 Å². The molecule has 6 heteroatoms. The number of phenolic OH excluding ortho intramolecular Hbond substituents is 1. The van der Waals surface area contributed by atoms with E-state index in [1.165, 1.54) is 6.07 Å².